The molecule has 2 N–H and O–H groups in total. The molecule has 1 aromatic carbocycles. The molecule has 2 rings (SSSR count). The molecule has 1 heterocycles. The van der Waals surface area contributed by atoms with Crippen LogP contribution in [0.25, 0.3) is 0 Å². The molecule has 0 saturated heterocycles. The van der Waals surface area contributed by atoms with E-state index < -0.39 is 0 Å². The topological polar surface area (TPSA) is 62.9 Å². The summed E-state index contributed by atoms with van der Waals surface area (Å²) in [6, 6.07) is 3.71. The van der Waals surface area contributed by atoms with Gasteiger partial charge in [0.25, 0.3) is 0 Å². The second kappa shape index (κ2) is 5.05. The Labute approximate surface area is 94.0 Å². The number of fused-ring (bicyclic) bond motifs is 1. The van der Waals surface area contributed by atoms with Crippen LogP contribution >= 0.6 is 0 Å². The van der Waals surface area contributed by atoms with E-state index in [0.717, 1.165) is 12.0 Å². The van der Waals surface area contributed by atoms with Gasteiger partial charge < -0.3 is 14.2 Å². The normalized spacial score (nSPS) is 14.4. The van der Waals surface area contributed by atoms with E-state index in [-0.39, 0.29) is 6.61 Å². The Hall–Kier alpha value is -1.46. The first-order chi connectivity index (χ1) is 7.86. The first-order valence-electron chi connectivity index (χ1n) is 5.14. The molecule has 0 radical (unpaired) electrons. The van der Waals surface area contributed by atoms with E-state index in [2.05, 4.69) is 4.84 Å². The highest BCUT2D eigenvalue weighted by molar-refractivity contribution is 5.55. The maximum absolute atomic E-state index is 5.61. The Kier molecular flexibility index (Phi) is 3.48. The fraction of sp³-hybridized carbons (Fsp3) is 0.455. The Morgan fingerprint density at radius 3 is 2.88 bits per heavy atom. The zero-order valence-corrected chi connectivity index (χ0v) is 9.19. The van der Waals surface area contributed by atoms with Crippen molar-refractivity contribution in [3.8, 4) is 17.2 Å². The van der Waals surface area contributed by atoms with Gasteiger partial charge in [-0.2, -0.15) is 0 Å². The highest BCUT2D eigenvalue weighted by Crippen LogP contribution is 2.41. The summed E-state index contributed by atoms with van der Waals surface area (Å²) in [6.07, 6.45) is 0.862. The van der Waals surface area contributed by atoms with Crippen LogP contribution in [0.1, 0.15) is 12.0 Å². The van der Waals surface area contributed by atoms with Crippen molar-refractivity contribution in [2.24, 2.45) is 5.90 Å². The molecule has 1 aliphatic heterocycles. The largest absolute Gasteiger partial charge is 0.492 e. The van der Waals surface area contributed by atoms with Crippen LogP contribution < -0.4 is 20.1 Å². The lowest BCUT2D eigenvalue weighted by atomic mass is 10.2. The molecule has 0 aromatic heterocycles. The lowest BCUT2D eigenvalue weighted by molar-refractivity contribution is 0.121. The molecular weight excluding hydrogens is 210 g/mol. The summed E-state index contributed by atoms with van der Waals surface area (Å²) >= 11 is 0. The molecule has 0 amide bonds. The molecule has 1 aromatic rings. The summed E-state index contributed by atoms with van der Waals surface area (Å²) in [4.78, 5) is 4.62. The SMILES string of the molecule is COc1c(CON)ccc2c1OCCCO2. The fourth-order valence-corrected chi connectivity index (χ4v) is 1.68. The number of nitrogens with two attached hydrogens (primary N) is 1. The summed E-state index contributed by atoms with van der Waals surface area (Å²) in [5.74, 6) is 7.03. The van der Waals surface area contributed by atoms with Gasteiger partial charge in [0, 0.05) is 12.0 Å². The quantitative estimate of drug-likeness (QED) is 0.784. The number of benzene rings is 1. The first-order valence-corrected chi connectivity index (χ1v) is 5.14. The molecular formula is C11H15NO4. The highest BCUT2D eigenvalue weighted by atomic mass is 16.6. The number of methoxy groups -OCH3 is 1. The second-order valence-corrected chi connectivity index (χ2v) is 3.45. The van der Waals surface area contributed by atoms with E-state index >= 15 is 0 Å². The number of hydrogen-bond acceptors (Lipinski definition) is 5. The highest BCUT2D eigenvalue weighted by Gasteiger charge is 2.18. The van der Waals surface area contributed by atoms with Crippen LogP contribution in [0.2, 0.25) is 0 Å². The number of hydrogen-bond donors (Lipinski definition) is 1. The first kappa shape index (κ1) is 11.0. The van der Waals surface area contributed by atoms with Crippen LogP contribution in [0.15, 0.2) is 12.1 Å². The maximum atomic E-state index is 5.61. The molecule has 5 nitrogen and oxygen atoms in total. The Morgan fingerprint density at radius 1 is 1.31 bits per heavy atom. The van der Waals surface area contributed by atoms with Crippen molar-refractivity contribution in [1.82, 2.24) is 0 Å². The third-order valence-corrected chi connectivity index (χ3v) is 2.39. The van der Waals surface area contributed by atoms with Crippen LogP contribution in [0.3, 0.4) is 0 Å². The van der Waals surface area contributed by atoms with Gasteiger partial charge in [-0.1, -0.05) is 0 Å². The van der Waals surface area contributed by atoms with Gasteiger partial charge in [0.05, 0.1) is 26.9 Å². The Balaban J connectivity index is 2.41. The number of rotatable bonds is 3. The predicted molar refractivity (Wildman–Crippen MR) is 57.6 cm³/mol. The standard InChI is InChI=1S/C11H15NO4/c1-13-10-8(7-16-12)3-4-9-11(10)15-6-2-5-14-9/h3-4H,2,5-7,12H2,1H3. The molecule has 0 atom stereocenters. The van der Waals surface area contributed by atoms with Gasteiger partial charge in [0.2, 0.25) is 5.75 Å². The zero-order valence-electron chi connectivity index (χ0n) is 9.19. The van der Waals surface area contributed by atoms with E-state index in [4.69, 9.17) is 20.1 Å². The van der Waals surface area contributed by atoms with E-state index in [1.54, 1.807) is 7.11 Å². The van der Waals surface area contributed by atoms with Crippen LogP contribution in [0.5, 0.6) is 17.2 Å². The van der Waals surface area contributed by atoms with Gasteiger partial charge in [0.1, 0.15) is 0 Å². The smallest absolute Gasteiger partial charge is 0.203 e. The van der Waals surface area contributed by atoms with Gasteiger partial charge >= 0.3 is 0 Å². The molecule has 88 valence electrons. The predicted octanol–water partition coefficient (Wildman–Crippen LogP) is 1.25. The zero-order chi connectivity index (χ0) is 11.4. The Morgan fingerprint density at radius 2 is 2.12 bits per heavy atom. The maximum Gasteiger partial charge on any atom is 0.203 e. The lowest BCUT2D eigenvalue weighted by Gasteiger charge is -2.14. The molecule has 16 heavy (non-hydrogen) atoms. The van der Waals surface area contributed by atoms with Crippen molar-refractivity contribution in [3.63, 3.8) is 0 Å². The average molecular weight is 225 g/mol. The van der Waals surface area contributed by atoms with Crippen molar-refractivity contribution in [1.29, 1.82) is 0 Å². The van der Waals surface area contributed by atoms with Crippen LogP contribution in [0, 0.1) is 0 Å². The van der Waals surface area contributed by atoms with Gasteiger partial charge in [-0.05, 0) is 12.1 Å². The molecule has 0 unspecified atom stereocenters. The third kappa shape index (κ3) is 2.05. The average Bonchev–Trinajstić information content (AvgIpc) is 2.54. The van der Waals surface area contributed by atoms with Crippen LogP contribution in [-0.4, -0.2) is 20.3 Å². The minimum absolute atomic E-state index is 0.278. The third-order valence-electron chi connectivity index (χ3n) is 2.39. The van der Waals surface area contributed by atoms with Gasteiger partial charge in [-0.25, -0.2) is 5.90 Å². The summed E-state index contributed by atoms with van der Waals surface area (Å²) in [7, 11) is 1.59. The Bertz CT molecular complexity index is 367. The van der Waals surface area contributed by atoms with E-state index in [1.165, 1.54) is 0 Å². The molecule has 1 aliphatic rings. The van der Waals surface area contributed by atoms with Crippen molar-refractivity contribution < 1.29 is 19.0 Å². The van der Waals surface area contributed by atoms with Gasteiger partial charge in [-0.15, -0.1) is 0 Å². The van der Waals surface area contributed by atoms with Crippen molar-refractivity contribution in [2.75, 3.05) is 20.3 Å². The van der Waals surface area contributed by atoms with Crippen molar-refractivity contribution >= 4 is 0 Å². The monoisotopic (exact) mass is 225 g/mol. The molecule has 5 heteroatoms. The van der Waals surface area contributed by atoms with Gasteiger partial charge in [-0.3, -0.25) is 4.84 Å². The summed E-state index contributed by atoms with van der Waals surface area (Å²) in [5, 5.41) is 0. The molecule has 0 spiro atoms. The van der Waals surface area contributed by atoms with E-state index in [1.807, 2.05) is 12.1 Å². The van der Waals surface area contributed by atoms with Crippen LogP contribution in [-0.2, 0) is 11.4 Å². The molecule has 0 fully saturated rings. The summed E-state index contributed by atoms with van der Waals surface area (Å²) in [6.45, 7) is 1.55. The van der Waals surface area contributed by atoms with E-state index in [9.17, 15) is 0 Å². The summed E-state index contributed by atoms with van der Waals surface area (Å²) in [5.41, 5.74) is 0.842. The van der Waals surface area contributed by atoms with E-state index in [0.29, 0.717) is 30.5 Å². The van der Waals surface area contributed by atoms with Gasteiger partial charge in [0.15, 0.2) is 11.5 Å². The lowest BCUT2D eigenvalue weighted by Crippen LogP contribution is -2.03. The minimum Gasteiger partial charge on any atom is -0.492 e. The van der Waals surface area contributed by atoms with Crippen molar-refractivity contribution in [3.05, 3.63) is 17.7 Å². The molecule has 0 saturated carbocycles. The molecule has 0 bridgehead atoms. The van der Waals surface area contributed by atoms with Crippen LogP contribution in [0.4, 0.5) is 0 Å². The summed E-state index contributed by atoms with van der Waals surface area (Å²) < 4.78 is 16.5. The molecule has 0 aliphatic carbocycles. The van der Waals surface area contributed by atoms with Crippen molar-refractivity contribution in [2.45, 2.75) is 13.0 Å². The minimum atomic E-state index is 0.278. The second-order valence-electron chi connectivity index (χ2n) is 3.45. The fourth-order valence-electron chi connectivity index (χ4n) is 1.68. The number of ether oxygens (including phenoxy) is 3.